The molecule has 1 N–H and O–H groups in total. The number of carbonyl (C=O) groups is 1. The molecule has 1 saturated heterocycles. The molecule has 2 rings (SSSR count). The third-order valence-corrected chi connectivity index (χ3v) is 3.84. The molecule has 1 aliphatic rings. The van der Waals surface area contributed by atoms with E-state index in [0.29, 0.717) is 24.5 Å². The van der Waals surface area contributed by atoms with E-state index < -0.39 is 5.82 Å². The van der Waals surface area contributed by atoms with Crippen LogP contribution < -0.4 is 5.32 Å². The molecule has 0 atom stereocenters. The fraction of sp³-hybridized carbons (Fsp3) is 0.600. The number of hydrogen-bond donors (Lipinski definition) is 1. The fourth-order valence-electron chi connectivity index (χ4n) is 2.55. The minimum Gasteiger partial charge on any atom is -0.372 e. The van der Waals surface area contributed by atoms with Crippen LogP contribution in [0.2, 0.25) is 0 Å². The average Bonchev–Trinajstić information content (AvgIpc) is 2.45. The van der Waals surface area contributed by atoms with Gasteiger partial charge in [0.2, 0.25) is 0 Å². The zero-order valence-corrected chi connectivity index (χ0v) is 13.1. The van der Waals surface area contributed by atoms with Gasteiger partial charge in [-0.1, -0.05) is 0 Å². The standard InChI is InChI=1S/C15H23FN4O/c1-15(2,3)20-7-5-19(6-8-20)14(21)12-9-11(16)10-18-13(12)17-4/h9-10H,5-8H2,1-4H3,(H,17,18). The molecule has 116 valence electrons. The second-order valence-corrected chi connectivity index (χ2v) is 6.25. The summed E-state index contributed by atoms with van der Waals surface area (Å²) in [6.45, 7) is 9.45. The van der Waals surface area contributed by atoms with Crippen molar-refractivity contribution in [2.75, 3.05) is 38.5 Å². The van der Waals surface area contributed by atoms with Crippen LogP contribution in [0.15, 0.2) is 12.3 Å². The summed E-state index contributed by atoms with van der Waals surface area (Å²) in [7, 11) is 1.68. The highest BCUT2D eigenvalue weighted by Crippen LogP contribution is 2.20. The molecule has 0 unspecified atom stereocenters. The Balaban J connectivity index is 2.11. The van der Waals surface area contributed by atoms with Crippen LogP contribution in [0, 0.1) is 5.82 Å². The number of anilines is 1. The van der Waals surface area contributed by atoms with E-state index in [1.165, 1.54) is 6.07 Å². The van der Waals surface area contributed by atoms with E-state index in [9.17, 15) is 9.18 Å². The quantitative estimate of drug-likeness (QED) is 0.904. The Hall–Kier alpha value is -1.69. The highest BCUT2D eigenvalue weighted by molar-refractivity contribution is 5.98. The van der Waals surface area contributed by atoms with Crippen LogP contribution >= 0.6 is 0 Å². The molecule has 0 aliphatic carbocycles. The third kappa shape index (κ3) is 3.50. The normalized spacial score (nSPS) is 16.9. The van der Waals surface area contributed by atoms with Crippen molar-refractivity contribution < 1.29 is 9.18 Å². The number of pyridine rings is 1. The molecule has 0 radical (unpaired) electrons. The second kappa shape index (κ2) is 5.97. The smallest absolute Gasteiger partial charge is 0.257 e. The van der Waals surface area contributed by atoms with Crippen molar-refractivity contribution in [1.82, 2.24) is 14.8 Å². The Bertz CT molecular complexity index is 519. The Morgan fingerprint density at radius 1 is 1.29 bits per heavy atom. The fourth-order valence-corrected chi connectivity index (χ4v) is 2.55. The van der Waals surface area contributed by atoms with Gasteiger partial charge in [-0.05, 0) is 26.8 Å². The summed E-state index contributed by atoms with van der Waals surface area (Å²) in [5.41, 5.74) is 0.396. The molecule has 2 heterocycles. The molecule has 6 heteroatoms. The van der Waals surface area contributed by atoms with Gasteiger partial charge in [-0.3, -0.25) is 9.69 Å². The van der Waals surface area contributed by atoms with Gasteiger partial charge >= 0.3 is 0 Å². The first-order valence-electron chi connectivity index (χ1n) is 7.20. The number of halogens is 1. The van der Waals surface area contributed by atoms with E-state index >= 15 is 0 Å². The maximum absolute atomic E-state index is 13.4. The lowest BCUT2D eigenvalue weighted by Crippen LogP contribution is -2.54. The molecule has 5 nitrogen and oxygen atoms in total. The minimum atomic E-state index is -0.495. The summed E-state index contributed by atoms with van der Waals surface area (Å²) in [4.78, 5) is 20.6. The number of rotatable bonds is 2. The number of nitrogens with zero attached hydrogens (tertiary/aromatic N) is 3. The number of hydrogen-bond acceptors (Lipinski definition) is 4. The van der Waals surface area contributed by atoms with Crippen LogP contribution in [0.25, 0.3) is 0 Å². The molecule has 1 aliphatic heterocycles. The van der Waals surface area contributed by atoms with Gasteiger partial charge in [0.25, 0.3) is 5.91 Å². The molecular weight excluding hydrogens is 271 g/mol. The van der Waals surface area contributed by atoms with Crippen molar-refractivity contribution >= 4 is 11.7 Å². The van der Waals surface area contributed by atoms with Gasteiger partial charge in [-0.25, -0.2) is 9.37 Å². The first-order valence-corrected chi connectivity index (χ1v) is 7.20. The number of carbonyl (C=O) groups excluding carboxylic acids is 1. The number of amides is 1. The van der Waals surface area contributed by atoms with Gasteiger partial charge in [-0.2, -0.15) is 0 Å². The van der Waals surface area contributed by atoms with E-state index in [1.54, 1.807) is 11.9 Å². The van der Waals surface area contributed by atoms with Crippen molar-refractivity contribution in [3.63, 3.8) is 0 Å². The van der Waals surface area contributed by atoms with Gasteiger partial charge in [0.15, 0.2) is 0 Å². The van der Waals surface area contributed by atoms with Crippen LogP contribution in [0.5, 0.6) is 0 Å². The van der Waals surface area contributed by atoms with Crippen LogP contribution in [-0.4, -0.2) is 59.5 Å². The highest BCUT2D eigenvalue weighted by atomic mass is 19.1. The Morgan fingerprint density at radius 2 is 1.90 bits per heavy atom. The molecule has 0 spiro atoms. The largest absolute Gasteiger partial charge is 0.372 e. The van der Waals surface area contributed by atoms with Gasteiger partial charge < -0.3 is 10.2 Å². The molecule has 0 aromatic carbocycles. The third-order valence-electron chi connectivity index (χ3n) is 3.84. The molecule has 21 heavy (non-hydrogen) atoms. The summed E-state index contributed by atoms with van der Waals surface area (Å²) >= 11 is 0. The zero-order valence-electron chi connectivity index (χ0n) is 13.1. The van der Waals surface area contributed by atoms with Crippen molar-refractivity contribution in [2.24, 2.45) is 0 Å². The predicted molar refractivity (Wildman–Crippen MR) is 81.0 cm³/mol. The van der Waals surface area contributed by atoms with E-state index in [1.807, 2.05) is 0 Å². The van der Waals surface area contributed by atoms with E-state index in [2.05, 4.69) is 36.0 Å². The predicted octanol–water partition coefficient (Wildman–Crippen LogP) is 1.82. The van der Waals surface area contributed by atoms with Gasteiger partial charge in [0, 0.05) is 38.8 Å². The highest BCUT2D eigenvalue weighted by Gasteiger charge is 2.29. The molecule has 0 bridgehead atoms. The summed E-state index contributed by atoms with van der Waals surface area (Å²) < 4.78 is 13.4. The maximum Gasteiger partial charge on any atom is 0.257 e. The molecule has 1 aromatic heterocycles. The molecule has 1 aromatic rings. The van der Waals surface area contributed by atoms with Crippen molar-refractivity contribution in [3.05, 3.63) is 23.6 Å². The summed E-state index contributed by atoms with van der Waals surface area (Å²) in [6.07, 6.45) is 1.11. The number of nitrogens with one attached hydrogen (secondary N) is 1. The number of piperazine rings is 1. The molecule has 0 saturated carbocycles. The van der Waals surface area contributed by atoms with Crippen LogP contribution in [0.3, 0.4) is 0 Å². The average molecular weight is 294 g/mol. The monoisotopic (exact) mass is 294 g/mol. The first-order chi connectivity index (χ1) is 9.82. The Labute approximate surface area is 125 Å². The van der Waals surface area contributed by atoms with Crippen molar-refractivity contribution in [1.29, 1.82) is 0 Å². The zero-order chi connectivity index (χ0) is 15.6. The lowest BCUT2D eigenvalue weighted by molar-refractivity contribution is 0.0451. The number of aromatic nitrogens is 1. The summed E-state index contributed by atoms with van der Waals surface area (Å²) in [5.74, 6) is -0.245. The van der Waals surface area contributed by atoms with Crippen LogP contribution in [-0.2, 0) is 0 Å². The lowest BCUT2D eigenvalue weighted by Gasteiger charge is -2.42. The molecular formula is C15H23FN4O. The van der Waals surface area contributed by atoms with E-state index in [4.69, 9.17) is 0 Å². The van der Waals surface area contributed by atoms with Gasteiger partial charge in [-0.15, -0.1) is 0 Å². The van der Waals surface area contributed by atoms with Crippen molar-refractivity contribution in [2.45, 2.75) is 26.3 Å². The lowest BCUT2D eigenvalue weighted by atomic mass is 10.0. The molecule has 1 amide bonds. The topological polar surface area (TPSA) is 48.5 Å². The second-order valence-electron chi connectivity index (χ2n) is 6.25. The molecule has 1 fully saturated rings. The Kier molecular flexibility index (Phi) is 4.46. The van der Waals surface area contributed by atoms with E-state index in [0.717, 1.165) is 19.3 Å². The summed E-state index contributed by atoms with van der Waals surface area (Å²) in [6, 6.07) is 1.25. The Morgan fingerprint density at radius 3 is 2.43 bits per heavy atom. The van der Waals surface area contributed by atoms with Crippen LogP contribution in [0.1, 0.15) is 31.1 Å². The minimum absolute atomic E-state index is 0.103. The van der Waals surface area contributed by atoms with Crippen LogP contribution in [0.4, 0.5) is 10.2 Å². The maximum atomic E-state index is 13.4. The van der Waals surface area contributed by atoms with E-state index in [-0.39, 0.29) is 11.4 Å². The summed E-state index contributed by atoms with van der Waals surface area (Å²) in [5, 5.41) is 2.84. The van der Waals surface area contributed by atoms with Gasteiger partial charge in [0.05, 0.1) is 11.8 Å². The van der Waals surface area contributed by atoms with Gasteiger partial charge in [0.1, 0.15) is 11.6 Å². The van der Waals surface area contributed by atoms with Crippen molar-refractivity contribution in [3.8, 4) is 0 Å². The first kappa shape index (κ1) is 15.7. The SMILES string of the molecule is CNc1ncc(F)cc1C(=O)N1CCN(C(C)(C)C)CC1.